The maximum atomic E-state index is 13.1. The summed E-state index contributed by atoms with van der Waals surface area (Å²) < 4.78 is 33.1. The minimum Gasteiger partial charge on any atom is -0.490 e. The van der Waals surface area contributed by atoms with E-state index in [0.29, 0.717) is 18.0 Å². The molecule has 4 nitrogen and oxygen atoms in total. The lowest BCUT2D eigenvalue weighted by Crippen LogP contribution is -2.31. The Labute approximate surface area is 174 Å². The lowest BCUT2D eigenvalue weighted by molar-refractivity contribution is 0.363. The molecule has 0 aliphatic rings. The molecule has 0 aliphatic carbocycles. The standard InChI is InChI=1S/C24H29NO3S/c1-5-19-28-23-12-10-22(11-13-23)7-6-17-25(18-16-20(2)3)29(26,27)24-14-8-21(4)9-15-24/h5-16H,1,17-19H2,2-4H3/b7-6+. The summed E-state index contributed by atoms with van der Waals surface area (Å²) in [5.41, 5.74) is 3.08. The molecule has 0 aromatic heterocycles. The molecule has 5 heteroatoms. The molecule has 29 heavy (non-hydrogen) atoms. The first-order valence-electron chi connectivity index (χ1n) is 9.53. The van der Waals surface area contributed by atoms with Gasteiger partial charge in [-0.2, -0.15) is 4.31 Å². The zero-order chi connectivity index (χ0) is 21.3. The van der Waals surface area contributed by atoms with Crippen molar-refractivity contribution in [1.29, 1.82) is 0 Å². The molecule has 0 saturated heterocycles. The Morgan fingerprint density at radius 1 is 1.03 bits per heavy atom. The summed E-state index contributed by atoms with van der Waals surface area (Å²) >= 11 is 0. The van der Waals surface area contributed by atoms with Gasteiger partial charge in [0.15, 0.2) is 0 Å². The van der Waals surface area contributed by atoms with Crippen LogP contribution in [0.2, 0.25) is 0 Å². The van der Waals surface area contributed by atoms with Crippen LogP contribution in [0.25, 0.3) is 6.08 Å². The number of hydrogen-bond acceptors (Lipinski definition) is 3. The van der Waals surface area contributed by atoms with Crippen LogP contribution in [-0.4, -0.2) is 32.4 Å². The highest BCUT2D eigenvalue weighted by atomic mass is 32.2. The molecule has 0 spiro atoms. The maximum absolute atomic E-state index is 13.1. The number of hydrogen-bond donors (Lipinski definition) is 0. The van der Waals surface area contributed by atoms with Crippen molar-refractivity contribution < 1.29 is 13.2 Å². The molecule has 2 aromatic rings. The minimum atomic E-state index is -3.58. The van der Waals surface area contributed by atoms with Crippen molar-refractivity contribution >= 4 is 16.1 Å². The molecule has 154 valence electrons. The second kappa shape index (κ2) is 10.8. The molecule has 0 amide bonds. The van der Waals surface area contributed by atoms with Gasteiger partial charge in [-0.15, -0.1) is 0 Å². The van der Waals surface area contributed by atoms with E-state index < -0.39 is 10.0 Å². The molecule has 0 saturated carbocycles. The van der Waals surface area contributed by atoms with Crippen molar-refractivity contribution in [1.82, 2.24) is 4.31 Å². The predicted octanol–water partition coefficient (Wildman–Crippen LogP) is 5.23. The van der Waals surface area contributed by atoms with Crippen molar-refractivity contribution in [3.63, 3.8) is 0 Å². The fourth-order valence-corrected chi connectivity index (χ4v) is 3.88. The van der Waals surface area contributed by atoms with E-state index >= 15 is 0 Å². The van der Waals surface area contributed by atoms with Gasteiger partial charge in [-0.1, -0.05) is 66.3 Å². The lowest BCUT2D eigenvalue weighted by atomic mass is 10.2. The maximum Gasteiger partial charge on any atom is 0.243 e. The van der Waals surface area contributed by atoms with Gasteiger partial charge in [0.1, 0.15) is 12.4 Å². The van der Waals surface area contributed by atoms with Crippen LogP contribution in [-0.2, 0) is 10.0 Å². The van der Waals surface area contributed by atoms with Gasteiger partial charge in [-0.3, -0.25) is 0 Å². The van der Waals surface area contributed by atoms with E-state index in [1.54, 1.807) is 18.2 Å². The first-order chi connectivity index (χ1) is 13.8. The van der Waals surface area contributed by atoms with Crippen LogP contribution >= 0.6 is 0 Å². The molecular formula is C24H29NO3S. The van der Waals surface area contributed by atoms with E-state index in [1.807, 2.05) is 75.4 Å². The van der Waals surface area contributed by atoms with E-state index in [0.717, 1.165) is 22.4 Å². The van der Waals surface area contributed by atoms with Crippen molar-refractivity contribution in [2.75, 3.05) is 19.7 Å². The molecule has 2 aromatic carbocycles. The number of nitrogens with zero attached hydrogens (tertiary/aromatic N) is 1. The van der Waals surface area contributed by atoms with Gasteiger partial charge in [-0.25, -0.2) is 8.42 Å². The Morgan fingerprint density at radius 3 is 2.28 bits per heavy atom. The number of aryl methyl sites for hydroxylation is 1. The molecule has 0 fully saturated rings. The van der Waals surface area contributed by atoms with Crippen LogP contribution in [0.1, 0.15) is 25.0 Å². The van der Waals surface area contributed by atoms with Gasteiger partial charge in [-0.05, 0) is 50.6 Å². The average molecular weight is 412 g/mol. The quantitative estimate of drug-likeness (QED) is 0.503. The van der Waals surface area contributed by atoms with Crippen LogP contribution in [0.3, 0.4) is 0 Å². The second-order valence-corrected chi connectivity index (χ2v) is 8.93. The zero-order valence-corrected chi connectivity index (χ0v) is 18.2. The van der Waals surface area contributed by atoms with E-state index in [4.69, 9.17) is 4.74 Å². The number of allylic oxidation sites excluding steroid dienone is 1. The average Bonchev–Trinajstić information content (AvgIpc) is 2.69. The van der Waals surface area contributed by atoms with Gasteiger partial charge in [0, 0.05) is 13.1 Å². The van der Waals surface area contributed by atoms with Crippen LogP contribution in [0.15, 0.2) is 83.8 Å². The number of ether oxygens (including phenoxy) is 1. The van der Waals surface area contributed by atoms with E-state index in [9.17, 15) is 8.42 Å². The van der Waals surface area contributed by atoms with Crippen molar-refractivity contribution in [2.24, 2.45) is 0 Å². The van der Waals surface area contributed by atoms with Crippen LogP contribution in [0.4, 0.5) is 0 Å². The van der Waals surface area contributed by atoms with Crippen molar-refractivity contribution in [3.05, 3.63) is 90.0 Å². The van der Waals surface area contributed by atoms with Crippen LogP contribution in [0.5, 0.6) is 5.75 Å². The van der Waals surface area contributed by atoms with Crippen LogP contribution in [0, 0.1) is 6.92 Å². The molecule has 2 rings (SSSR count). The van der Waals surface area contributed by atoms with Crippen LogP contribution < -0.4 is 4.74 Å². The Morgan fingerprint density at radius 2 is 1.69 bits per heavy atom. The summed E-state index contributed by atoms with van der Waals surface area (Å²) in [5, 5.41) is 0. The van der Waals surface area contributed by atoms with Gasteiger partial charge < -0.3 is 4.74 Å². The Bertz CT molecular complexity index is 952. The molecule has 0 radical (unpaired) electrons. The highest BCUT2D eigenvalue weighted by molar-refractivity contribution is 7.89. The third-order valence-electron chi connectivity index (χ3n) is 4.23. The Hall–Kier alpha value is -2.63. The smallest absolute Gasteiger partial charge is 0.243 e. The first kappa shape index (κ1) is 22.7. The summed E-state index contributed by atoms with van der Waals surface area (Å²) in [6.07, 6.45) is 7.40. The molecule has 0 unspecified atom stereocenters. The summed E-state index contributed by atoms with van der Waals surface area (Å²) in [7, 11) is -3.58. The van der Waals surface area contributed by atoms with Gasteiger partial charge >= 0.3 is 0 Å². The second-order valence-electron chi connectivity index (χ2n) is 6.99. The topological polar surface area (TPSA) is 46.6 Å². The predicted molar refractivity (Wildman–Crippen MR) is 121 cm³/mol. The summed E-state index contributed by atoms with van der Waals surface area (Å²) in [4.78, 5) is 0.308. The molecule has 0 N–H and O–H groups in total. The van der Waals surface area contributed by atoms with Gasteiger partial charge in [0.25, 0.3) is 0 Å². The zero-order valence-electron chi connectivity index (χ0n) is 17.3. The number of sulfonamides is 1. The lowest BCUT2D eigenvalue weighted by Gasteiger charge is -2.19. The summed E-state index contributed by atoms with van der Waals surface area (Å²) in [6.45, 7) is 10.6. The molecule has 0 bridgehead atoms. The fourth-order valence-electron chi connectivity index (χ4n) is 2.55. The first-order valence-corrected chi connectivity index (χ1v) is 11.0. The highest BCUT2D eigenvalue weighted by Gasteiger charge is 2.22. The SMILES string of the molecule is C=CCOc1ccc(/C=C/CN(CC=C(C)C)S(=O)(=O)c2ccc(C)cc2)cc1. The molecule has 0 aliphatic heterocycles. The van der Waals surface area contributed by atoms with E-state index in [-0.39, 0.29) is 6.54 Å². The normalized spacial score (nSPS) is 11.6. The number of rotatable bonds is 10. The summed E-state index contributed by atoms with van der Waals surface area (Å²) in [6, 6.07) is 14.6. The molecular weight excluding hydrogens is 382 g/mol. The van der Waals surface area contributed by atoms with Crippen molar-refractivity contribution in [3.8, 4) is 5.75 Å². The largest absolute Gasteiger partial charge is 0.490 e. The molecule has 0 heterocycles. The van der Waals surface area contributed by atoms with E-state index in [1.165, 1.54) is 4.31 Å². The summed E-state index contributed by atoms with van der Waals surface area (Å²) in [5.74, 6) is 0.772. The van der Waals surface area contributed by atoms with E-state index in [2.05, 4.69) is 6.58 Å². The molecule has 0 atom stereocenters. The number of benzene rings is 2. The minimum absolute atomic E-state index is 0.286. The van der Waals surface area contributed by atoms with Gasteiger partial charge in [0.05, 0.1) is 4.90 Å². The Kier molecular flexibility index (Phi) is 8.43. The third-order valence-corrected chi connectivity index (χ3v) is 6.08. The highest BCUT2D eigenvalue weighted by Crippen LogP contribution is 2.18. The van der Waals surface area contributed by atoms with Gasteiger partial charge in [0.2, 0.25) is 10.0 Å². The monoisotopic (exact) mass is 411 g/mol. The Balaban J connectivity index is 2.15. The fraction of sp³-hybridized carbons (Fsp3) is 0.250. The third kappa shape index (κ3) is 7.04. The van der Waals surface area contributed by atoms with Crippen molar-refractivity contribution in [2.45, 2.75) is 25.7 Å².